The van der Waals surface area contributed by atoms with Crippen LogP contribution in [0.25, 0.3) is 0 Å². The number of rotatable bonds is 4. The molecule has 0 N–H and O–H groups in total. The highest BCUT2D eigenvalue weighted by atomic mass is 35.5. The van der Waals surface area contributed by atoms with Gasteiger partial charge in [0.15, 0.2) is 0 Å². The summed E-state index contributed by atoms with van der Waals surface area (Å²) in [6.45, 7) is 1.81. The second kappa shape index (κ2) is 5.48. The molecule has 0 saturated carbocycles. The lowest BCUT2D eigenvalue weighted by Gasteiger charge is -2.39. The Labute approximate surface area is 126 Å². The number of hydrogen-bond donors (Lipinski definition) is 0. The molecule has 0 spiro atoms. The maximum atomic E-state index is 12.0. The molecule has 0 aromatic carbocycles. The minimum Gasteiger partial charge on any atom is -0.340 e. The van der Waals surface area contributed by atoms with E-state index < -0.39 is 0 Å². The molecule has 0 unspecified atom stereocenters. The Hall–Kier alpha value is -1.89. The molecule has 3 rings (SSSR count). The molecule has 0 aliphatic carbocycles. The quantitative estimate of drug-likeness (QED) is 0.742. The molecule has 2 fully saturated rings. The largest absolute Gasteiger partial charge is 0.340 e. The zero-order chi connectivity index (χ0) is 15.0. The summed E-state index contributed by atoms with van der Waals surface area (Å²) in [5, 5.41) is 4.69. The van der Waals surface area contributed by atoms with Gasteiger partial charge in [0.25, 0.3) is 0 Å². The summed E-state index contributed by atoms with van der Waals surface area (Å²) in [5.74, 6) is -0.351. The second-order valence-electron chi connectivity index (χ2n) is 5.42. The number of carbonyl (C=O) groups excluding carboxylic acids is 3. The van der Waals surface area contributed by atoms with Crippen LogP contribution in [-0.4, -0.2) is 56.9 Å². The van der Waals surface area contributed by atoms with Gasteiger partial charge in [-0.25, -0.2) is 0 Å². The number of amides is 3. The fourth-order valence-corrected chi connectivity index (χ4v) is 2.78. The Bertz CT molecular complexity index is 578. The molecule has 0 atom stereocenters. The predicted octanol–water partition coefficient (Wildman–Crippen LogP) is 0.144. The molecule has 2 saturated heterocycles. The van der Waals surface area contributed by atoms with Crippen molar-refractivity contribution in [1.29, 1.82) is 0 Å². The second-order valence-corrected chi connectivity index (χ2v) is 5.86. The molecule has 1 aromatic heterocycles. The molecule has 3 amide bonds. The van der Waals surface area contributed by atoms with Crippen molar-refractivity contribution in [2.75, 3.05) is 19.6 Å². The van der Waals surface area contributed by atoms with E-state index in [0.29, 0.717) is 30.6 Å². The first kappa shape index (κ1) is 14.1. The maximum Gasteiger partial charge on any atom is 0.242 e. The van der Waals surface area contributed by atoms with Gasteiger partial charge in [-0.05, 0) is 0 Å². The monoisotopic (exact) mass is 310 g/mol. The van der Waals surface area contributed by atoms with E-state index in [-0.39, 0.29) is 37.1 Å². The van der Waals surface area contributed by atoms with E-state index in [4.69, 9.17) is 11.6 Å². The van der Waals surface area contributed by atoms with Gasteiger partial charge in [-0.3, -0.25) is 24.0 Å². The third kappa shape index (κ3) is 2.92. The lowest BCUT2D eigenvalue weighted by molar-refractivity contribution is -0.148. The van der Waals surface area contributed by atoms with Crippen molar-refractivity contribution >= 4 is 29.3 Å². The van der Waals surface area contributed by atoms with E-state index in [1.807, 2.05) is 0 Å². The highest BCUT2D eigenvalue weighted by molar-refractivity contribution is 6.30. The van der Waals surface area contributed by atoms with Crippen molar-refractivity contribution in [3.63, 3.8) is 0 Å². The molecular formula is C13H15ClN4O3. The van der Waals surface area contributed by atoms with Crippen LogP contribution in [0.1, 0.15) is 12.8 Å². The van der Waals surface area contributed by atoms with E-state index in [1.165, 1.54) is 0 Å². The third-order valence-corrected chi connectivity index (χ3v) is 4.00. The number of halogens is 1. The van der Waals surface area contributed by atoms with Gasteiger partial charge in [-0.2, -0.15) is 5.10 Å². The summed E-state index contributed by atoms with van der Waals surface area (Å²) in [5.41, 5.74) is 0. The molecule has 21 heavy (non-hydrogen) atoms. The molecule has 0 bridgehead atoms. The Morgan fingerprint density at radius 1 is 1.29 bits per heavy atom. The predicted molar refractivity (Wildman–Crippen MR) is 73.3 cm³/mol. The summed E-state index contributed by atoms with van der Waals surface area (Å²) in [6, 6.07) is 0. The van der Waals surface area contributed by atoms with Crippen LogP contribution >= 0.6 is 11.6 Å². The highest BCUT2D eigenvalue weighted by Crippen LogP contribution is 2.20. The Morgan fingerprint density at radius 2 is 1.95 bits per heavy atom. The standard InChI is InChI=1S/C13H15ClN4O3/c14-10-3-15-17(7-10)6-9-4-16(5-9)13(21)8-18-11(19)1-2-12(18)20/h3,7,9H,1-2,4-6,8H2. The Balaban J connectivity index is 1.46. The van der Waals surface area contributed by atoms with Gasteiger partial charge in [0.1, 0.15) is 6.54 Å². The highest BCUT2D eigenvalue weighted by Gasteiger charge is 2.35. The molecule has 1 aromatic rings. The lowest BCUT2D eigenvalue weighted by Crippen LogP contribution is -2.54. The smallest absolute Gasteiger partial charge is 0.242 e. The molecule has 2 aliphatic rings. The van der Waals surface area contributed by atoms with Crippen LogP contribution in [0, 0.1) is 5.92 Å². The van der Waals surface area contributed by atoms with Crippen LogP contribution in [-0.2, 0) is 20.9 Å². The van der Waals surface area contributed by atoms with Crippen LogP contribution in [0.4, 0.5) is 0 Å². The Kier molecular flexibility index (Phi) is 3.67. The van der Waals surface area contributed by atoms with E-state index in [9.17, 15) is 14.4 Å². The number of hydrogen-bond acceptors (Lipinski definition) is 4. The maximum absolute atomic E-state index is 12.0. The van der Waals surface area contributed by atoms with Crippen LogP contribution in [0.5, 0.6) is 0 Å². The first-order chi connectivity index (χ1) is 10.0. The van der Waals surface area contributed by atoms with E-state index >= 15 is 0 Å². The van der Waals surface area contributed by atoms with Crippen LogP contribution < -0.4 is 0 Å². The van der Waals surface area contributed by atoms with Crippen molar-refractivity contribution < 1.29 is 14.4 Å². The van der Waals surface area contributed by atoms with Gasteiger partial charge >= 0.3 is 0 Å². The lowest BCUT2D eigenvalue weighted by atomic mass is 10.0. The van der Waals surface area contributed by atoms with E-state index in [2.05, 4.69) is 5.10 Å². The zero-order valence-electron chi connectivity index (χ0n) is 11.4. The summed E-state index contributed by atoms with van der Waals surface area (Å²) >= 11 is 5.79. The van der Waals surface area contributed by atoms with Crippen molar-refractivity contribution in [2.45, 2.75) is 19.4 Å². The molecule has 7 nitrogen and oxygen atoms in total. The van der Waals surface area contributed by atoms with Gasteiger partial charge in [0.2, 0.25) is 17.7 Å². The summed E-state index contributed by atoms with van der Waals surface area (Å²) in [7, 11) is 0. The normalized spacial score (nSPS) is 19.3. The SMILES string of the molecule is O=C(CN1C(=O)CCC1=O)N1CC(Cn2cc(Cl)cn2)C1. The number of nitrogens with zero attached hydrogens (tertiary/aromatic N) is 4. The third-order valence-electron chi connectivity index (χ3n) is 3.81. The average molecular weight is 311 g/mol. The first-order valence-corrected chi connectivity index (χ1v) is 7.19. The van der Waals surface area contributed by atoms with Gasteiger partial charge in [-0.15, -0.1) is 0 Å². The fourth-order valence-electron chi connectivity index (χ4n) is 2.63. The van der Waals surface area contributed by atoms with Crippen LogP contribution in [0.3, 0.4) is 0 Å². The van der Waals surface area contributed by atoms with Gasteiger partial charge in [-0.1, -0.05) is 11.6 Å². The summed E-state index contributed by atoms with van der Waals surface area (Å²) < 4.78 is 1.75. The zero-order valence-corrected chi connectivity index (χ0v) is 12.1. The minimum atomic E-state index is -0.253. The van der Waals surface area contributed by atoms with Gasteiger partial charge in [0, 0.05) is 44.6 Å². The molecule has 3 heterocycles. The first-order valence-electron chi connectivity index (χ1n) is 6.82. The molecule has 8 heteroatoms. The van der Waals surface area contributed by atoms with Gasteiger partial charge in [0.05, 0.1) is 11.2 Å². The van der Waals surface area contributed by atoms with Gasteiger partial charge < -0.3 is 4.90 Å². The summed E-state index contributed by atoms with van der Waals surface area (Å²) in [6.07, 6.45) is 3.75. The molecule has 0 radical (unpaired) electrons. The topological polar surface area (TPSA) is 75.5 Å². The molecule has 112 valence electrons. The van der Waals surface area contributed by atoms with Crippen molar-refractivity contribution in [1.82, 2.24) is 19.6 Å². The van der Waals surface area contributed by atoms with Crippen molar-refractivity contribution in [3.05, 3.63) is 17.4 Å². The van der Waals surface area contributed by atoms with Crippen LogP contribution in [0.15, 0.2) is 12.4 Å². The van der Waals surface area contributed by atoms with E-state index in [0.717, 1.165) is 4.90 Å². The number of aromatic nitrogens is 2. The fraction of sp³-hybridized carbons (Fsp3) is 0.538. The van der Waals surface area contributed by atoms with E-state index in [1.54, 1.807) is 22.0 Å². The number of likely N-dealkylation sites (tertiary alicyclic amines) is 2. The Morgan fingerprint density at radius 3 is 2.52 bits per heavy atom. The van der Waals surface area contributed by atoms with Crippen molar-refractivity contribution in [2.24, 2.45) is 5.92 Å². The molecular weight excluding hydrogens is 296 g/mol. The number of carbonyl (C=O) groups is 3. The van der Waals surface area contributed by atoms with Crippen molar-refractivity contribution in [3.8, 4) is 0 Å². The minimum absolute atomic E-state index is 0.127. The summed E-state index contributed by atoms with van der Waals surface area (Å²) in [4.78, 5) is 37.7. The number of imide groups is 1. The molecule has 2 aliphatic heterocycles. The van der Waals surface area contributed by atoms with Crippen LogP contribution in [0.2, 0.25) is 5.02 Å². The average Bonchev–Trinajstić information content (AvgIpc) is 2.93.